The van der Waals surface area contributed by atoms with Crippen LogP contribution in [0.4, 0.5) is 0 Å². The van der Waals surface area contributed by atoms with Crippen molar-refractivity contribution in [2.24, 2.45) is 0 Å². The third-order valence-corrected chi connectivity index (χ3v) is 3.44. The van der Waals surface area contributed by atoms with E-state index in [0.29, 0.717) is 12.0 Å². The summed E-state index contributed by atoms with van der Waals surface area (Å²) in [5.41, 5.74) is 2.60. The molecule has 0 aliphatic rings. The molecule has 0 fully saturated rings. The highest BCUT2D eigenvalue weighted by Crippen LogP contribution is 2.19. The topological polar surface area (TPSA) is 34.4 Å². The average molecular weight is 271 g/mol. The SMILES string of the molecule is O=Cc1ccn2c(Cc3ccccc3Cl)ncc2c1. The van der Waals surface area contributed by atoms with E-state index in [1.165, 1.54) is 0 Å². The Labute approximate surface area is 115 Å². The number of benzene rings is 1. The van der Waals surface area contributed by atoms with Crippen LogP contribution in [0.2, 0.25) is 5.02 Å². The molecular formula is C15H11ClN2O. The molecule has 4 heteroatoms. The fourth-order valence-electron chi connectivity index (χ4n) is 2.09. The van der Waals surface area contributed by atoms with Gasteiger partial charge in [-0.2, -0.15) is 0 Å². The minimum atomic E-state index is 0.650. The van der Waals surface area contributed by atoms with Crippen LogP contribution in [0.25, 0.3) is 5.52 Å². The van der Waals surface area contributed by atoms with Gasteiger partial charge in [-0.25, -0.2) is 4.98 Å². The molecule has 0 N–H and O–H groups in total. The number of pyridine rings is 1. The first kappa shape index (κ1) is 11.9. The van der Waals surface area contributed by atoms with Crippen LogP contribution in [-0.2, 0) is 6.42 Å². The average Bonchev–Trinajstić information content (AvgIpc) is 2.83. The Balaban J connectivity index is 2.02. The second-order valence-corrected chi connectivity index (χ2v) is 4.72. The lowest BCUT2D eigenvalue weighted by Gasteiger charge is -2.04. The smallest absolute Gasteiger partial charge is 0.150 e. The molecule has 1 aromatic carbocycles. The summed E-state index contributed by atoms with van der Waals surface area (Å²) in [6, 6.07) is 11.3. The van der Waals surface area contributed by atoms with Crippen LogP contribution in [0.1, 0.15) is 21.7 Å². The first-order chi connectivity index (χ1) is 9.28. The van der Waals surface area contributed by atoms with Crippen molar-refractivity contribution < 1.29 is 4.79 Å². The van der Waals surface area contributed by atoms with Gasteiger partial charge in [-0.1, -0.05) is 29.8 Å². The summed E-state index contributed by atoms with van der Waals surface area (Å²) in [6.07, 6.45) is 5.12. The second kappa shape index (κ2) is 4.86. The lowest BCUT2D eigenvalue weighted by atomic mass is 10.1. The lowest BCUT2D eigenvalue weighted by molar-refractivity contribution is 0.112. The van der Waals surface area contributed by atoms with Crippen LogP contribution in [0.3, 0.4) is 0 Å². The minimum absolute atomic E-state index is 0.650. The predicted molar refractivity (Wildman–Crippen MR) is 74.8 cm³/mol. The number of aromatic nitrogens is 2. The van der Waals surface area contributed by atoms with Crippen LogP contribution < -0.4 is 0 Å². The van der Waals surface area contributed by atoms with Crippen molar-refractivity contribution in [1.82, 2.24) is 9.38 Å². The number of fused-ring (bicyclic) bond motifs is 1. The van der Waals surface area contributed by atoms with E-state index < -0.39 is 0 Å². The van der Waals surface area contributed by atoms with Crippen molar-refractivity contribution in [2.75, 3.05) is 0 Å². The van der Waals surface area contributed by atoms with Gasteiger partial charge >= 0.3 is 0 Å². The van der Waals surface area contributed by atoms with E-state index in [1.54, 1.807) is 12.3 Å². The Bertz CT molecular complexity index is 749. The predicted octanol–water partition coefficient (Wildman–Crippen LogP) is 3.39. The third kappa shape index (κ3) is 2.25. The molecule has 0 radical (unpaired) electrons. The molecule has 19 heavy (non-hydrogen) atoms. The fourth-order valence-corrected chi connectivity index (χ4v) is 2.29. The van der Waals surface area contributed by atoms with Gasteiger partial charge in [-0.15, -0.1) is 0 Å². The largest absolute Gasteiger partial charge is 0.303 e. The van der Waals surface area contributed by atoms with Crippen LogP contribution in [-0.4, -0.2) is 15.7 Å². The van der Waals surface area contributed by atoms with Crippen LogP contribution in [0, 0.1) is 0 Å². The van der Waals surface area contributed by atoms with Crippen molar-refractivity contribution in [3.8, 4) is 0 Å². The zero-order valence-electron chi connectivity index (χ0n) is 10.1. The van der Waals surface area contributed by atoms with Gasteiger partial charge in [0.15, 0.2) is 0 Å². The summed E-state index contributed by atoms with van der Waals surface area (Å²) >= 11 is 6.16. The number of rotatable bonds is 3. The Kier molecular flexibility index (Phi) is 3.05. The zero-order chi connectivity index (χ0) is 13.2. The van der Waals surface area contributed by atoms with Crippen LogP contribution >= 0.6 is 11.6 Å². The number of carbonyl (C=O) groups is 1. The lowest BCUT2D eigenvalue weighted by Crippen LogP contribution is -1.97. The van der Waals surface area contributed by atoms with Gasteiger partial charge in [0.2, 0.25) is 0 Å². The molecule has 0 spiro atoms. The molecule has 0 atom stereocenters. The van der Waals surface area contributed by atoms with Gasteiger partial charge in [0, 0.05) is 23.2 Å². The summed E-state index contributed by atoms with van der Waals surface area (Å²) in [4.78, 5) is 15.1. The molecule has 2 aromatic heterocycles. The number of hydrogen-bond donors (Lipinski definition) is 0. The molecule has 0 aliphatic carbocycles. The first-order valence-corrected chi connectivity index (χ1v) is 6.30. The minimum Gasteiger partial charge on any atom is -0.303 e. The maximum Gasteiger partial charge on any atom is 0.150 e. The van der Waals surface area contributed by atoms with Crippen molar-refractivity contribution >= 4 is 23.4 Å². The highest BCUT2D eigenvalue weighted by molar-refractivity contribution is 6.31. The van der Waals surface area contributed by atoms with Crippen molar-refractivity contribution in [2.45, 2.75) is 6.42 Å². The van der Waals surface area contributed by atoms with E-state index in [0.717, 1.165) is 28.2 Å². The molecule has 0 bridgehead atoms. The molecule has 94 valence electrons. The van der Waals surface area contributed by atoms with Gasteiger partial charge < -0.3 is 4.40 Å². The molecule has 0 saturated carbocycles. The van der Waals surface area contributed by atoms with Gasteiger partial charge in [0.05, 0.1) is 11.7 Å². The number of halogens is 1. The molecule has 3 aromatic rings. The molecular weight excluding hydrogens is 260 g/mol. The second-order valence-electron chi connectivity index (χ2n) is 4.32. The highest BCUT2D eigenvalue weighted by atomic mass is 35.5. The maximum absolute atomic E-state index is 10.7. The van der Waals surface area contributed by atoms with Gasteiger partial charge in [-0.05, 0) is 23.8 Å². The van der Waals surface area contributed by atoms with Crippen LogP contribution in [0.5, 0.6) is 0 Å². The number of imidazole rings is 1. The molecule has 3 rings (SSSR count). The summed E-state index contributed by atoms with van der Waals surface area (Å²) < 4.78 is 1.97. The number of nitrogens with zero attached hydrogens (tertiary/aromatic N) is 2. The third-order valence-electron chi connectivity index (χ3n) is 3.08. The molecule has 2 heterocycles. The summed E-state index contributed by atoms with van der Waals surface area (Å²) in [5.74, 6) is 0.903. The van der Waals surface area contributed by atoms with E-state index in [4.69, 9.17) is 11.6 Å². The Morgan fingerprint density at radius 3 is 2.89 bits per heavy atom. The van der Waals surface area contributed by atoms with Crippen molar-refractivity contribution in [3.63, 3.8) is 0 Å². The van der Waals surface area contributed by atoms with E-state index in [1.807, 2.05) is 40.9 Å². The molecule has 3 nitrogen and oxygen atoms in total. The first-order valence-electron chi connectivity index (χ1n) is 5.92. The molecule has 0 amide bonds. The fraction of sp³-hybridized carbons (Fsp3) is 0.0667. The Hall–Kier alpha value is -2.13. The number of hydrogen-bond acceptors (Lipinski definition) is 2. The Morgan fingerprint density at radius 1 is 1.26 bits per heavy atom. The van der Waals surface area contributed by atoms with Gasteiger partial charge in [0.25, 0.3) is 0 Å². The standard InChI is InChI=1S/C15H11ClN2O/c16-14-4-2-1-3-12(14)8-15-17-9-13-7-11(10-19)5-6-18(13)15/h1-7,9-10H,8H2. The van der Waals surface area contributed by atoms with E-state index in [9.17, 15) is 4.79 Å². The summed E-state index contributed by atoms with van der Waals surface area (Å²) in [5, 5.41) is 0.740. The summed E-state index contributed by atoms with van der Waals surface area (Å²) in [6.45, 7) is 0. The molecule has 0 saturated heterocycles. The normalized spacial score (nSPS) is 10.8. The Morgan fingerprint density at radius 2 is 2.11 bits per heavy atom. The molecule has 0 unspecified atom stereocenters. The number of aldehydes is 1. The van der Waals surface area contributed by atoms with E-state index >= 15 is 0 Å². The quantitative estimate of drug-likeness (QED) is 0.684. The zero-order valence-corrected chi connectivity index (χ0v) is 10.8. The van der Waals surface area contributed by atoms with E-state index in [2.05, 4.69) is 4.98 Å². The maximum atomic E-state index is 10.7. The monoisotopic (exact) mass is 270 g/mol. The molecule has 0 aliphatic heterocycles. The van der Waals surface area contributed by atoms with E-state index in [-0.39, 0.29) is 0 Å². The van der Waals surface area contributed by atoms with Gasteiger partial charge in [-0.3, -0.25) is 4.79 Å². The van der Waals surface area contributed by atoms with Crippen LogP contribution in [0.15, 0.2) is 48.8 Å². The highest BCUT2D eigenvalue weighted by Gasteiger charge is 2.07. The number of carbonyl (C=O) groups excluding carboxylic acids is 1. The van der Waals surface area contributed by atoms with Crippen molar-refractivity contribution in [1.29, 1.82) is 0 Å². The van der Waals surface area contributed by atoms with Crippen molar-refractivity contribution in [3.05, 3.63) is 70.8 Å². The van der Waals surface area contributed by atoms with Gasteiger partial charge in [0.1, 0.15) is 12.1 Å². The summed E-state index contributed by atoms with van der Waals surface area (Å²) in [7, 11) is 0.